The van der Waals surface area contributed by atoms with E-state index in [1.165, 1.54) is 42.0 Å². The highest BCUT2D eigenvalue weighted by atomic mass is 32.1. The number of fused-ring (bicyclic) bond motifs is 9. The van der Waals surface area contributed by atoms with Gasteiger partial charge < -0.3 is 8.98 Å². The van der Waals surface area contributed by atoms with Crippen LogP contribution in [0.3, 0.4) is 0 Å². The van der Waals surface area contributed by atoms with E-state index in [1.807, 2.05) is 65.9 Å². The van der Waals surface area contributed by atoms with Crippen molar-refractivity contribution in [1.29, 1.82) is 0 Å². The van der Waals surface area contributed by atoms with E-state index >= 15 is 0 Å². The molecule has 4 aromatic heterocycles. The molecule has 0 unspecified atom stereocenters. The summed E-state index contributed by atoms with van der Waals surface area (Å²) in [6.07, 6.45) is 0. The number of rotatable bonds is 5. The fourth-order valence-corrected chi connectivity index (χ4v) is 9.67. The van der Waals surface area contributed by atoms with E-state index in [2.05, 4.69) is 132 Å². The van der Waals surface area contributed by atoms with E-state index in [0.29, 0.717) is 17.5 Å². The first-order valence-corrected chi connectivity index (χ1v) is 19.8. The number of hydrogen-bond donors (Lipinski definition) is 0. The minimum absolute atomic E-state index is 0.585. The van der Waals surface area contributed by atoms with Crippen LogP contribution in [-0.2, 0) is 0 Å². The van der Waals surface area contributed by atoms with Crippen molar-refractivity contribution in [3.8, 4) is 51.0 Å². The first kappa shape index (κ1) is 31.9. The lowest BCUT2D eigenvalue weighted by Gasteiger charge is -2.15. The van der Waals surface area contributed by atoms with Gasteiger partial charge in [0, 0.05) is 69.7 Å². The smallest absolute Gasteiger partial charge is 0.164 e. The minimum Gasteiger partial charge on any atom is -0.456 e. The van der Waals surface area contributed by atoms with E-state index in [4.69, 9.17) is 19.4 Å². The molecular formula is C51H30N4OS. The van der Waals surface area contributed by atoms with Gasteiger partial charge in [0.2, 0.25) is 0 Å². The number of thiophene rings is 1. The van der Waals surface area contributed by atoms with Gasteiger partial charge in [-0.05, 0) is 54.1 Å². The van der Waals surface area contributed by atoms with Gasteiger partial charge in [0.05, 0.1) is 11.0 Å². The number of hydrogen-bond acceptors (Lipinski definition) is 5. The summed E-state index contributed by atoms with van der Waals surface area (Å²) in [5.74, 6) is 1.80. The van der Waals surface area contributed by atoms with Crippen LogP contribution < -0.4 is 0 Å². The molecule has 12 aromatic rings. The molecule has 8 aromatic carbocycles. The molecule has 0 saturated carbocycles. The highest BCUT2D eigenvalue weighted by Crippen LogP contribution is 2.45. The Hall–Kier alpha value is -7.41. The quantitative estimate of drug-likeness (QED) is 0.176. The number of benzene rings is 8. The monoisotopic (exact) mass is 746 g/mol. The Bertz CT molecular complexity index is 3490. The summed E-state index contributed by atoms with van der Waals surface area (Å²) in [5, 5.41) is 7.08. The summed E-state index contributed by atoms with van der Waals surface area (Å²) in [5.41, 5.74) is 10.0. The number of nitrogens with zero attached hydrogens (tertiary/aromatic N) is 4. The van der Waals surface area contributed by atoms with Gasteiger partial charge in [-0.15, -0.1) is 11.3 Å². The Morgan fingerprint density at radius 3 is 1.77 bits per heavy atom. The third-order valence-electron chi connectivity index (χ3n) is 11.1. The van der Waals surface area contributed by atoms with Crippen LogP contribution in [0.5, 0.6) is 0 Å². The van der Waals surface area contributed by atoms with Gasteiger partial charge in [0.1, 0.15) is 11.2 Å². The highest BCUT2D eigenvalue weighted by Gasteiger charge is 2.21. The maximum atomic E-state index is 6.31. The number of aromatic nitrogens is 4. The lowest BCUT2D eigenvalue weighted by Crippen LogP contribution is -2.01. The highest BCUT2D eigenvalue weighted by molar-refractivity contribution is 7.26. The van der Waals surface area contributed by atoms with E-state index < -0.39 is 0 Å². The molecule has 0 aliphatic carbocycles. The molecule has 266 valence electrons. The van der Waals surface area contributed by atoms with Crippen LogP contribution in [0, 0.1) is 0 Å². The van der Waals surface area contributed by atoms with E-state index in [-0.39, 0.29) is 0 Å². The minimum atomic E-state index is 0.585. The Labute approximate surface area is 330 Å². The molecule has 57 heavy (non-hydrogen) atoms. The van der Waals surface area contributed by atoms with Crippen molar-refractivity contribution in [1.82, 2.24) is 19.5 Å². The molecule has 0 aliphatic rings. The van der Waals surface area contributed by atoms with Gasteiger partial charge in [-0.1, -0.05) is 133 Å². The Morgan fingerprint density at radius 2 is 0.982 bits per heavy atom. The first-order valence-electron chi connectivity index (χ1n) is 19.0. The van der Waals surface area contributed by atoms with Crippen LogP contribution in [0.1, 0.15) is 0 Å². The van der Waals surface area contributed by atoms with Crippen molar-refractivity contribution < 1.29 is 4.42 Å². The number of furan rings is 1. The molecule has 0 radical (unpaired) electrons. The average molecular weight is 747 g/mol. The van der Waals surface area contributed by atoms with Crippen molar-refractivity contribution in [2.75, 3.05) is 0 Å². The second kappa shape index (κ2) is 12.6. The molecule has 0 amide bonds. The molecule has 0 spiro atoms. The second-order valence-electron chi connectivity index (χ2n) is 14.4. The van der Waals surface area contributed by atoms with E-state index in [0.717, 1.165) is 55.4 Å². The average Bonchev–Trinajstić information content (AvgIpc) is 3.95. The van der Waals surface area contributed by atoms with Gasteiger partial charge in [0.15, 0.2) is 17.5 Å². The van der Waals surface area contributed by atoms with Crippen LogP contribution in [-0.4, -0.2) is 19.5 Å². The predicted molar refractivity (Wildman–Crippen MR) is 236 cm³/mol. The summed E-state index contributed by atoms with van der Waals surface area (Å²) in [6.45, 7) is 0. The summed E-state index contributed by atoms with van der Waals surface area (Å²) in [6, 6.07) is 63.9. The fourth-order valence-electron chi connectivity index (χ4n) is 8.46. The zero-order valence-corrected chi connectivity index (χ0v) is 31.2. The summed E-state index contributed by atoms with van der Waals surface area (Å²) >= 11 is 1.83. The van der Waals surface area contributed by atoms with Crippen LogP contribution >= 0.6 is 11.3 Å². The number of para-hydroxylation sites is 3. The lowest BCUT2D eigenvalue weighted by molar-refractivity contribution is 0.669. The SMILES string of the molecule is c1ccc(-c2nc(-c3ccc4c(c3)oc3ccccc34)nc(-c3ccccc3-c3cc(-n4c5ccccc5c5ccccc54)cc4c3sc3ccccc34)n2)cc1. The molecule has 0 aliphatic heterocycles. The van der Waals surface area contributed by atoms with Crippen molar-refractivity contribution >= 4 is 75.3 Å². The van der Waals surface area contributed by atoms with E-state index in [9.17, 15) is 0 Å². The molecular weight excluding hydrogens is 717 g/mol. The zero-order chi connectivity index (χ0) is 37.5. The summed E-state index contributed by atoms with van der Waals surface area (Å²) in [7, 11) is 0. The molecule has 12 rings (SSSR count). The van der Waals surface area contributed by atoms with Crippen molar-refractivity contribution in [3.05, 3.63) is 182 Å². The predicted octanol–water partition coefficient (Wildman–Crippen LogP) is 13.9. The molecule has 6 heteroatoms. The zero-order valence-electron chi connectivity index (χ0n) is 30.4. The topological polar surface area (TPSA) is 56.7 Å². The van der Waals surface area contributed by atoms with Gasteiger partial charge in [-0.3, -0.25) is 0 Å². The summed E-state index contributed by atoms with van der Waals surface area (Å²) in [4.78, 5) is 15.6. The van der Waals surface area contributed by atoms with Gasteiger partial charge in [-0.2, -0.15) is 0 Å². The molecule has 0 atom stereocenters. The third kappa shape index (κ3) is 5.04. The molecule has 5 nitrogen and oxygen atoms in total. The van der Waals surface area contributed by atoms with Crippen LogP contribution in [0.4, 0.5) is 0 Å². The van der Waals surface area contributed by atoms with Gasteiger partial charge in [-0.25, -0.2) is 15.0 Å². The van der Waals surface area contributed by atoms with Gasteiger partial charge in [0.25, 0.3) is 0 Å². The maximum absolute atomic E-state index is 6.31. The fraction of sp³-hybridized carbons (Fsp3) is 0. The molecule has 0 bridgehead atoms. The van der Waals surface area contributed by atoms with Gasteiger partial charge >= 0.3 is 0 Å². The van der Waals surface area contributed by atoms with Crippen molar-refractivity contribution in [3.63, 3.8) is 0 Å². The molecule has 0 saturated heterocycles. The molecule has 4 heterocycles. The maximum Gasteiger partial charge on any atom is 0.164 e. The second-order valence-corrected chi connectivity index (χ2v) is 15.4. The Morgan fingerprint density at radius 1 is 0.386 bits per heavy atom. The first-order chi connectivity index (χ1) is 28.2. The summed E-state index contributed by atoms with van der Waals surface area (Å²) < 4.78 is 11.2. The van der Waals surface area contributed by atoms with Crippen LogP contribution in [0.15, 0.2) is 186 Å². The van der Waals surface area contributed by atoms with Crippen molar-refractivity contribution in [2.45, 2.75) is 0 Å². The molecule has 0 N–H and O–H groups in total. The van der Waals surface area contributed by atoms with Crippen LogP contribution in [0.25, 0.3) is 115 Å². The Balaban J connectivity index is 1.12. The lowest BCUT2D eigenvalue weighted by atomic mass is 9.96. The van der Waals surface area contributed by atoms with E-state index in [1.54, 1.807) is 0 Å². The van der Waals surface area contributed by atoms with Crippen molar-refractivity contribution in [2.24, 2.45) is 0 Å². The third-order valence-corrected chi connectivity index (χ3v) is 12.3. The Kier molecular flexibility index (Phi) is 7.03. The van der Waals surface area contributed by atoms with Crippen LogP contribution in [0.2, 0.25) is 0 Å². The molecule has 0 fully saturated rings. The largest absolute Gasteiger partial charge is 0.456 e. The standard InChI is InChI=1S/C51H30N4OS/c1-2-14-31(15-3-1)49-52-50(32-26-27-38-37-19-8-12-24-45(37)56-46(38)28-32)54-51(53-49)40-21-5-4-16-34(40)41-29-33(30-42-39-20-9-13-25-47(39)57-48(41)42)55-43-22-10-6-17-35(43)36-18-7-11-23-44(36)55/h1-30H. The normalized spacial score (nSPS) is 11.9.